The highest BCUT2D eigenvalue weighted by atomic mass is 16.6. The van der Waals surface area contributed by atoms with Crippen LogP contribution in [0.1, 0.15) is 34.1 Å². The molecule has 1 aromatic rings. The molecule has 1 aromatic carbocycles. The third-order valence-electron chi connectivity index (χ3n) is 2.61. The molecule has 17 heavy (non-hydrogen) atoms. The molecule has 2 amide bonds. The molecule has 6 nitrogen and oxygen atoms in total. The Kier molecular flexibility index (Phi) is 2.63. The maximum atomic E-state index is 11.9. The zero-order chi connectivity index (χ0) is 12.6. The Morgan fingerprint density at radius 2 is 1.88 bits per heavy atom. The lowest BCUT2D eigenvalue weighted by Gasteiger charge is -2.11. The van der Waals surface area contributed by atoms with Crippen LogP contribution in [0.5, 0.6) is 0 Å². The lowest BCUT2D eigenvalue weighted by atomic mass is 10.1. The van der Waals surface area contributed by atoms with E-state index in [9.17, 15) is 19.7 Å². The number of imide groups is 1. The number of non-ortho nitro benzene ring substituents is 1. The third kappa shape index (κ3) is 1.67. The first-order valence-corrected chi connectivity index (χ1v) is 5.21. The van der Waals surface area contributed by atoms with E-state index in [2.05, 4.69) is 0 Å². The Morgan fingerprint density at radius 3 is 2.47 bits per heavy atom. The smallest absolute Gasteiger partial charge is 0.270 e. The van der Waals surface area contributed by atoms with E-state index in [0.29, 0.717) is 13.0 Å². The normalized spacial score (nSPS) is 14.1. The Morgan fingerprint density at radius 1 is 1.24 bits per heavy atom. The quantitative estimate of drug-likeness (QED) is 0.452. The largest absolute Gasteiger partial charge is 0.274 e. The molecule has 6 heteroatoms. The zero-order valence-corrected chi connectivity index (χ0v) is 9.17. The van der Waals surface area contributed by atoms with Gasteiger partial charge in [0.15, 0.2) is 0 Å². The number of amides is 2. The summed E-state index contributed by atoms with van der Waals surface area (Å²) in [5.41, 5.74) is 0.190. The molecular weight excluding hydrogens is 224 g/mol. The van der Waals surface area contributed by atoms with Crippen LogP contribution in [0.2, 0.25) is 0 Å². The van der Waals surface area contributed by atoms with Crippen molar-refractivity contribution in [2.24, 2.45) is 0 Å². The first kappa shape index (κ1) is 11.3. The Balaban J connectivity index is 2.47. The number of fused-ring (bicyclic) bond motifs is 1. The highest BCUT2D eigenvalue weighted by Crippen LogP contribution is 2.26. The van der Waals surface area contributed by atoms with Crippen molar-refractivity contribution in [3.8, 4) is 0 Å². The predicted molar refractivity (Wildman–Crippen MR) is 58.8 cm³/mol. The van der Waals surface area contributed by atoms with E-state index < -0.39 is 10.8 Å². The van der Waals surface area contributed by atoms with Gasteiger partial charge in [-0.25, -0.2) is 0 Å². The van der Waals surface area contributed by atoms with E-state index in [4.69, 9.17) is 0 Å². The van der Waals surface area contributed by atoms with Crippen molar-refractivity contribution >= 4 is 17.5 Å². The number of carbonyl (C=O) groups is 2. The monoisotopic (exact) mass is 234 g/mol. The van der Waals surface area contributed by atoms with E-state index in [1.807, 2.05) is 6.92 Å². The minimum absolute atomic E-state index is 0.123. The summed E-state index contributed by atoms with van der Waals surface area (Å²) >= 11 is 0. The molecular formula is C11H10N2O4. The number of hydrogen-bond acceptors (Lipinski definition) is 4. The summed E-state index contributed by atoms with van der Waals surface area (Å²) in [7, 11) is 0. The number of carbonyl (C=O) groups excluding carboxylic acids is 2. The molecule has 0 radical (unpaired) electrons. The van der Waals surface area contributed by atoms with E-state index in [1.165, 1.54) is 12.1 Å². The van der Waals surface area contributed by atoms with Crippen molar-refractivity contribution in [3.05, 3.63) is 39.4 Å². The van der Waals surface area contributed by atoms with Gasteiger partial charge in [-0.15, -0.1) is 0 Å². The van der Waals surface area contributed by atoms with Crippen LogP contribution in [0, 0.1) is 10.1 Å². The van der Waals surface area contributed by atoms with Gasteiger partial charge < -0.3 is 0 Å². The summed E-state index contributed by atoms with van der Waals surface area (Å²) in [5.74, 6) is -0.822. The molecule has 0 aromatic heterocycles. The number of nitro groups is 1. The second-order valence-electron chi connectivity index (χ2n) is 3.75. The van der Waals surface area contributed by atoms with E-state index in [1.54, 1.807) is 0 Å². The molecule has 0 N–H and O–H groups in total. The van der Waals surface area contributed by atoms with Gasteiger partial charge in [0, 0.05) is 18.7 Å². The van der Waals surface area contributed by atoms with Crippen molar-refractivity contribution in [3.63, 3.8) is 0 Å². The minimum Gasteiger partial charge on any atom is -0.274 e. The maximum Gasteiger partial charge on any atom is 0.270 e. The molecule has 0 aliphatic carbocycles. The third-order valence-corrected chi connectivity index (χ3v) is 2.61. The molecule has 0 bridgehead atoms. The SMILES string of the molecule is CCCN1C(=O)c2ccc([N+](=O)[O-])cc2C1=O. The van der Waals surface area contributed by atoms with E-state index >= 15 is 0 Å². The molecule has 1 heterocycles. The van der Waals surface area contributed by atoms with Gasteiger partial charge in [0.1, 0.15) is 0 Å². The van der Waals surface area contributed by atoms with Crippen molar-refractivity contribution < 1.29 is 14.5 Å². The molecule has 1 aliphatic rings. The average molecular weight is 234 g/mol. The molecule has 88 valence electrons. The van der Waals surface area contributed by atoms with Crippen LogP contribution in [0.25, 0.3) is 0 Å². The topological polar surface area (TPSA) is 80.5 Å². The summed E-state index contributed by atoms with van der Waals surface area (Å²) < 4.78 is 0. The van der Waals surface area contributed by atoms with Crippen molar-refractivity contribution in [2.45, 2.75) is 13.3 Å². The van der Waals surface area contributed by atoms with Gasteiger partial charge in [-0.2, -0.15) is 0 Å². The molecule has 0 atom stereocenters. The van der Waals surface area contributed by atoms with Crippen molar-refractivity contribution in [1.29, 1.82) is 0 Å². The zero-order valence-electron chi connectivity index (χ0n) is 9.17. The van der Waals surface area contributed by atoms with Crippen LogP contribution in [0.3, 0.4) is 0 Å². The van der Waals surface area contributed by atoms with Gasteiger partial charge in [0.2, 0.25) is 0 Å². The van der Waals surface area contributed by atoms with Crippen molar-refractivity contribution in [1.82, 2.24) is 4.90 Å². The summed E-state index contributed by atoms with van der Waals surface area (Å²) in [4.78, 5) is 34.8. The molecule has 0 saturated carbocycles. The number of hydrogen-bond donors (Lipinski definition) is 0. The van der Waals surface area contributed by atoms with Gasteiger partial charge in [0.25, 0.3) is 17.5 Å². The van der Waals surface area contributed by atoms with Crippen LogP contribution in [0.15, 0.2) is 18.2 Å². The van der Waals surface area contributed by atoms with Gasteiger partial charge in [-0.05, 0) is 12.5 Å². The van der Waals surface area contributed by atoms with Crippen LogP contribution in [-0.4, -0.2) is 28.2 Å². The molecule has 1 aliphatic heterocycles. The molecule has 0 fully saturated rings. The first-order chi connectivity index (χ1) is 8.06. The van der Waals surface area contributed by atoms with Gasteiger partial charge in [-0.1, -0.05) is 6.92 Å². The highest BCUT2D eigenvalue weighted by Gasteiger charge is 2.35. The predicted octanol–water partition coefficient (Wildman–Crippen LogP) is 1.60. The molecule has 0 saturated heterocycles. The maximum absolute atomic E-state index is 11.9. The minimum atomic E-state index is -0.583. The van der Waals surface area contributed by atoms with Crippen LogP contribution in [-0.2, 0) is 0 Å². The van der Waals surface area contributed by atoms with Gasteiger partial charge >= 0.3 is 0 Å². The summed E-state index contributed by atoms with van der Waals surface area (Å²) in [5, 5.41) is 10.6. The first-order valence-electron chi connectivity index (χ1n) is 5.21. The van der Waals surface area contributed by atoms with Gasteiger partial charge in [0.05, 0.1) is 16.1 Å². The standard InChI is InChI=1S/C11H10N2O4/c1-2-5-12-10(14)8-4-3-7(13(16)17)6-9(8)11(12)15/h3-4,6H,2,5H2,1H3. The summed E-state index contributed by atoms with van der Waals surface area (Å²) in [6, 6.07) is 3.73. The number of nitro benzene ring substituents is 1. The number of benzene rings is 1. The molecule has 2 rings (SSSR count). The van der Waals surface area contributed by atoms with E-state index in [-0.39, 0.29) is 22.7 Å². The lowest BCUT2D eigenvalue weighted by molar-refractivity contribution is -0.384. The Bertz CT molecular complexity index is 524. The lowest BCUT2D eigenvalue weighted by Crippen LogP contribution is -2.30. The second-order valence-corrected chi connectivity index (χ2v) is 3.75. The fraction of sp³-hybridized carbons (Fsp3) is 0.273. The van der Waals surface area contributed by atoms with E-state index in [0.717, 1.165) is 11.0 Å². The Labute approximate surface area is 97.0 Å². The fourth-order valence-corrected chi connectivity index (χ4v) is 1.82. The van der Waals surface area contributed by atoms with Crippen LogP contribution >= 0.6 is 0 Å². The fourth-order valence-electron chi connectivity index (χ4n) is 1.82. The van der Waals surface area contributed by atoms with Crippen LogP contribution < -0.4 is 0 Å². The van der Waals surface area contributed by atoms with Crippen molar-refractivity contribution in [2.75, 3.05) is 6.54 Å². The second kappa shape index (κ2) is 3.97. The number of nitrogens with zero attached hydrogens (tertiary/aromatic N) is 2. The van der Waals surface area contributed by atoms with Crippen LogP contribution in [0.4, 0.5) is 5.69 Å². The average Bonchev–Trinajstić information content (AvgIpc) is 2.54. The Hall–Kier alpha value is -2.24. The summed E-state index contributed by atoms with van der Waals surface area (Å²) in [6.45, 7) is 2.19. The number of rotatable bonds is 3. The van der Waals surface area contributed by atoms with Gasteiger partial charge in [-0.3, -0.25) is 24.6 Å². The molecule has 0 spiro atoms. The molecule has 0 unspecified atom stereocenters. The summed E-state index contributed by atoms with van der Waals surface area (Å²) in [6.07, 6.45) is 0.660. The highest BCUT2D eigenvalue weighted by molar-refractivity contribution is 6.21.